The van der Waals surface area contributed by atoms with E-state index < -0.39 is 6.04 Å². The number of hydrogen-bond donors (Lipinski definition) is 2. The van der Waals surface area contributed by atoms with Gasteiger partial charge in [0.2, 0.25) is 16.9 Å². The van der Waals surface area contributed by atoms with Gasteiger partial charge in [-0.3, -0.25) is 14.9 Å². The molecule has 1 saturated carbocycles. The van der Waals surface area contributed by atoms with E-state index in [-0.39, 0.29) is 17.7 Å². The van der Waals surface area contributed by atoms with Crippen molar-refractivity contribution in [2.45, 2.75) is 32.2 Å². The number of carbonyl (C=O) groups is 2. The summed E-state index contributed by atoms with van der Waals surface area (Å²) < 4.78 is 5.13. The molecular weight excluding hydrogens is 340 g/mol. The highest BCUT2D eigenvalue weighted by Gasteiger charge is 2.27. The fourth-order valence-electron chi connectivity index (χ4n) is 2.40. The summed E-state index contributed by atoms with van der Waals surface area (Å²) in [5, 5.41) is 14.6. The van der Waals surface area contributed by atoms with Crippen LogP contribution in [0.2, 0.25) is 0 Å². The van der Waals surface area contributed by atoms with E-state index in [1.54, 1.807) is 14.0 Å². The second kappa shape index (κ2) is 7.60. The first-order chi connectivity index (χ1) is 12.1. The average Bonchev–Trinajstić information content (AvgIpc) is 3.01. The number of nitrogens with zero attached hydrogens (tertiary/aromatic N) is 2. The molecule has 0 spiro atoms. The van der Waals surface area contributed by atoms with Crippen molar-refractivity contribution in [3.63, 3.8) is 0 Å². The van der Waals surface area contributed by atoms with E-state index in [1.807, 2.05) is 24.3 Å². The van der Waals surface area contributed by atoms with Crippen molar-refractivity contribution in [3.05, 3.63) is 24.3 Å². The van der Waals surface area contributed by atoms with E-state index in [9.17, 15) is 9.59 Å². The number of rotatable bonds is 6. The first-order valence-corrected chi connectivity index (χ1v) is 8.97. The number of carbonyl (C=O) groups excluding carboxylic acids is 2. The Bertz CT molecular complexity index is 756. The minimum atomic E-state index is -0.610. The lowest BCUT2D eigenvalue weighted by molar-refractivity contribution is -0.130. The van der Waals surface area contributed by atoms with Gasteiger partial charge in [0, 0.05) is 11.5 Å². The molecular formula is C17H20N4O3S. The van der Waals surface area contributed by atoms with Crippen LogP contribution in [0.25, 0.3) is 10.6 Å². The molecule has 8 heteroatoms. The standard InChI is InChI=1S/C17H20N4O3S/c1-10(18-15(23)11-4-3-5-11)14(22)19-17-21-20-16(25-17)12-6-8-13(24-2)9-7-12/h6-11H,3-5H2,1-2H3,(H,18,23)(H,19,21,22). The normalized spacial score (nSPS) is 15.1. The molecule has 132 valence electrons. The maximum absolute atomic E-state index is 12.2. The summed E-state index contributed by atoms with van der Waals surface area (Å²) >= 11 is 1.28. The smallest absolute Gasteiger partial charge is 0.248 e. The third-order valence-corrected chi connectivity index (χ3v) is 5.11. The Balaban J connectivity index is 1.58. The molecule has 2 amide bonds. The molecule has 2 N–H and O–H groups in total. The van der Waals surface area contributed by atoms with E-state index in [4.69, 9.17) is 4.74 Å². The van der Waals surface area contributed by atoms with Crippen LogP contribution in [0.15, 0.2) is 24.3 Å². The van der Waals surface area contributed by atoms with E-state index in [1.165, 1.54) is 11.3 Å². The number of amides is 2. The molecule has 1 aliphatic carbocycles. The van der Waals surface area contributed by atoms with Gasteiger partial charge in [-0.1, -0.05) is 17.8 Å². The molecule has 1 aliphatic rings. The van der Waals surface area contributed by atoms with E-state index in [0.29, 0.717) is 10.1 Å². The van der Waals surface area contributed by atoms with Gasteiger partial charge in [0.15, 0.2) is 0 Å². The van der Waals surface area contributed by atoms with Crippen LogP contribution in [-0.4, -0.2) is 35.2 Å². The molecule has 0 aliphatic heterocycles. The van der Waals surface area contributed by atoms with Gasteiger partial charge in [0.1, 0.15) is 16.8 Å². The fraction of sp³-hybridized carbons (Fsp3) is 0.412. The summed E-state index contributed by atoms with van der Waals surface area (Å²) in [5.41, 5.74) is 0.894. The highest BCUT2D eigenvalue weighted by Crippen LogP contribution is 2.28. The molecule has 1 heterocycles. The largest absolute Gasteiger partial charge is 0.497 e. The summed E-state index contributed by atoms with van der Waals surface area (Å²) in [7, 11) is 1.61. The maximum Gasteiger partial charge on any atom is 0.248 e. The molecule has 1 aromatic carbocycles. The van der Waals surface area contributed by atoms with Crippen LogP contribution in [0, 0.1) is 5.92 Å². The molecule has 2 aromatic rings. The molecule has 25 heavy (non-hydrogen) atoms. The minimum absolute atomic E-state index is 0.0508. The Morgan fingerprint density at radius 3 is 2.56 bits per heavy atom. The Morgan fingerprint density at radius 2 is 1.96 bits per heavy atom. The average molecular weight is 360 g/mol. The number of benzene rings is 1. The minimum Gasteiger partial charge on any atom is -0.497 e. The van der Waals surface area contributed by atoms with E-state index >= 15 is 0 Å². The van der Waals surface area contributed by atoms with Gasteiger partial charge in [0.25, 0.3) is 0 Å². The van der Waals surface area contributed by atoms with E-state index in [2.05, 4.69) is 20.8 Å². The molecule has 0 saturated heterocycles. The summed E-state index contributed by atoms with van der Waals surface area (Å²) in [6.07, 6.45) is 2.89. The fourth-order valence-corrected chi connectivity index (χ4v) is 3.16. The van der Waals surface area contributed by atoms with Gasteiger partial charge >= 0.3 is 0 Å². The van der Waals surface area contributed by atoms with Crippen LogP contribution >= 0.6 is 11.3 Å². The molecule has 0 bridgehead atoms. The molecule has 1 fully saturated rings. The highest BCUT2D eigenvalue weighted by atomic mass is 32.1. The summed E-state index contributed by atoms with van der Waals surface area (Å²) in [6.45, 7) is 1.66. The lowest BCUT2D eigenvalue weighted by atomic mass is 9.84. The zero-order valence-corrected chi connectivity index (χ0v) is 14.9. The molecule has 1 aromatic heterocycles. The predicted octanol–water partition coefficient (Wildman–Crippen LogP) is 2.46. The van der Waals surface area contributed by atoms with Crippen LogP contribution < -0.4 is 15.4 Å². The van der Waals surface area contributed by atoms with Gasteiger partial charge in [-0.2, -0.15) is 0 Å². The van der Waals surface area contributed by atoms with Crippen molar-refractivity contribution >= 4 is 28.3 Å². The maximum atomic E-state index is 12.2. The predicted molar refractivity (Wildman–Crippen MR) is 95.5 cm³/mol. The van der Waals surface area contributed by atoms with Crippen LogP contribution in [0.3, 0.4) is 0 Å². The Kier molecular flexibility index (Phi) is 5.28. The monoisotopic (exact) mass is 360 g/mol. The van der Waals surface area contributed by atoms with Crippen LogP contribution in [0.1, 0.15) is 26.2 Å². The molecule has 7 nitrogen and oxygen atoms in total. The molecule has 3 rings (SSSR count). The summed E-state index contributed by atoms with van der Waals surface area (Å²) in [4.78, 5) is 24.1. The van der Waals surface area contributed by atoms with Gasteiger partial charge in [0.05, 0.1) is 7.11 Å². The zero-order chi connectivity index (χ0) is 17.8. The van der Waals surface area contributed by atoms with Gasteiger partial charge in [-0.15, -0.1) is 10.2 Å². The second-order valence-electron chi connectivity index (χ2n) is 5.99. The second-order valence-corrected chi connectivity index (χ2v) is 6.97. The van der Waals surface area contributed by atoms with Crippen molar-refractivity contribution < 1.29 is 14.3 Å². The van der Waals surface area contributed by atoms with Gasteiger partial charge in [-0.25, -0.2) is 0 Å². The first kappa shape index (κ1) is 17.3. The number of hydrogen-bond acceptors (Lipinski definition) is 6. The number of methoxy groups -OCH3 is 1. The van der Waals surface area contributed by atoms with Crippen molar-refractivity contribution in [1.82, 2.24) is 15.5 Å². The molecule has 0 radical (unpaired) electrons. The van der Waals surface area contributed by atoms with Crippen LogP contribution in [-0.2, 0) is 9.59 Å². The topological polar surface area (TPSA) is 93.2 Å². The Labute approximate surface area is 149 Å². The third kappa shape index (κ3) is 4.14. The zero-order valence-electron chi connectivity index (χ0n) is 14.1. The van der Waals surface area contributed by atoms with Gasteiger partial charge in [-0.05, 0) is 44.0 Å². The number of anilines is 1. The van der Waals surface area contributed by atoms with Gasteiger partial charge < -0.3 is 10.1 Å². The third-order valence-electron chi connectivity index (χ3n) is 4.22. The Morgan fingerprint density at radius 1 is 1.24 bits per heavy atom. The summed E-state index contributed by atoms with van der Waals surface area (Å²) in [6, 6.07) is 6.83. The SMILES string of the molecule is COc1ccc(-c2nnc(NC(=O)C(C)NC(=O)C3CCC3)s2)cc1. The van der Waals surface area contributed by atoms with Crippen molar-refractivity contribution in [2.75, 3.05) is 12.4 Å². The number of nitrogens with one attached hydrogen (secondary N) is 2. The number of ether oxygens (including phenoxy) is 1. The molecule has 1 unspecified atom stereocenters. The lowest BCUT2D eigenvalue weighted by Gasteiger charge is -2.25. The first-order valence-electron chi connectivity index (χ1n) is 8.16. The quantitative estimate of drug-likeness (QED) is 0.825. The van der Waals surface area contributed by atoms with Crippen molar-refractivity contribution in [1.29, 1.82) is 0 Å². The van der Waals surface area contributed by atoms with Crippen LogP contribution in [0.4, 0.5) is 5.13 Å². The Hall–Kier alpha value is -2.48. The lowest BCUT2D eigenvalue weighted by Crippen LogP contribution is -2.45. The molecule has 1 atom stereocenters. The summed E-state index contributed by atoms with van der Waals surface area (Å²) in [5.74, 6) is 0.464. The highest BCUT2D eigenvalue weighted by molar-refractivity contribution is 7.18. The van der Waals surface area contributed by atoms with E-state index in [0.717, 1.165) is 30.6 Å². The van der Waals surface area contributed by atoms with Crippen molar-refractivity contribution in [3.8, 4) is 16.3 Å². The van der Waals surface area contributed by atoms with Crippen LogP contribution in [0.5, 0.6) is 5.75 Å². The number of aromatic nitrogens is 2. The van der Waals surface area contributed by atoms with Crippen molar-refractivity contribution in [2.24, 2.45) is 5.92 Å².